The van der Waals surface area contributed by atoms with E-state index >= 15 is 0 Å². The van der Waals surface area contributed by atoms with E-state index in [0.29, 0.717) is 0 Å². The molecule has 8 aromatic carbocycles. The number of hydrogen-bond acceptors (Lipinski definition) is 0. The van der Waals surface area contributed by atoms with Crippen molar-refractivity contribution in [2.75, 3.05) is 0 Å². The van der Waals surface area contributed by atoms with Crippen LogP contribution in [0.25, 0.3) is 55.6 Å². The fraction of sp³-hybridized carbons (Fsp3) is 0.0400. The first-order chi connectivity index (χ1) is 26.4. The summed E-state index contributed by atoms with van der Waals surface area (Å²) in [5.41, 5.74) is 21.5. The molecule has 0 amide bonds. The Balaban J connectivity index is 1.22. The van der Waals surface area contributed by atoms with Crippen molar-refractivity contribution in [1.29, 1.82) is 0 Å². The average Bonchev–Trinajstić information content (AvgIpc) is 3.87. The first-order valence-electron chi connectivity index (χ1n) is 18.1. The lowest BCUT2D eigenvalue weighted by molar-refractivity contribution is 0.789. The van der Waals surface area contributed by atoms with E-state index in [1.807, 2.05) is 6.07 Å². The maximum Gasteiger partial charge on any atom is 0.0737 e. The highest BCUT2D eigenvalue weighted by atomic mass is 79.9. The van der Waals surface area contributed by atoms with Gasteiger partial charge < -0.3 is 0 Å². The average molecular weight is 857 g/mol. The maximum absolute atomic E-state index is 6.96. The van der Waals surface area contributed by atoms with Crippen molar-refractivity contribution in [3.8, 4) is 55.6 Å². The van der Waals surface area contributed by atoms with Crippen LogP contribution in [0.1, 0.15) is 44.5 Å². The molecule has 12 rings (SSSR count). The van der Waals surface area contributed by atoms with Crippen LogP contribution in [-0.4, -0.2) is 0 Å². The summed E-state index contributed by atoms with van der Waals surface area (Å²) in [6, 6.07) is 58.0. The molecule has 2 spiro atoms. The Morgan fingerprint density at radius 1 is 0.333 bits per heavy atom. The van der Waals surface area contributed by atoms with Crippen LogP contribution in [-0.2, 0) is 10.8 Å². The van der Waals surface area contributed by atoms with Gasteiger partial charge in [0.2, 0.25) is 0 Å². The third kappa shape index (κ3) is 3.67. The third-order valence-electron chi connectivity index (χ3n) is 12.6. The SMILES string of the molecule is Clc1ccc2c(c1)C1(c3ccc(Br)cc3-2)c2ccccc2-c2c(-c3ccc(Br)c4c3-c3ccc(Cl)cc3C43c4ccccc4-c4ccccc43)cccc21. The Kier molecular flexibility index (Phi) is 6.42. The summed E-state index contributed by atoms with van der Waals surface area (Å²) in [6.45, 7) is 0. The molecule has 0 saturated heterocycles. The van der Waals surface area contributed by atoms with Gasteiger partial charge in [-0.2, -0.15) is 0 Å². The van der Waals surface area contributed by atoms with Gasteiger partial charge in [0.1, 0.15) is 0 Å². The third-order valence-corrected chi connectivity index (χ3v) is 14.2. The predicted octanol–water partition coefficient (Wildman–Crippen LogP) is 14.9. The maximum atomic E-state index is 6.96. The summed E-state index contributed by atoms with van der Waals surface area (Å²) in [7, 11) is 0. The molecule has 1 unspecified atom stereocenters. The van der Waals surface area contributed by atoms with Crippen LogP contribution >= 0.6 is 55.1 Å². The van der Waals surface area contributed by atoms with Crippen LogP contribution in [0.2, 0.25) is 10.0 Å². The van der Waals surface area contributed by atoms with E-state index in [9.17, 15) is 0 Å². The number of halogens is 4. The molecule has 1 atom stereocenters. The molecule has 0 saturated carbocycles. The zero-order valence-electron chi connectivity index (χ0n) is 28.5. The fourth-order valence-electron chi connectivity index (χ4n) is 10.8. The molecule has 254 valence electrons. The number of rotatable bonds is 1. The minimum absolute atomic E-state index is 0.521. The van der Waals surface area contributed by atoms with Gasteiger partial charge in [0.25, 0.3) is 0 Å². The highest BCUT2D eigenvalue weighted by Crippen LogP contribution is 2.68. The Bertz CT molecular complexity index is 2970. The van der Waals surface area contributed by atoms with Crippen molar-refractivity contribution in [3.63, 3.8) is 0 Å². The Hall–Kier alpha value is -4.70. The Morgan fingerprint density at radius 2 is 0.815 bits per heavy atom. The highest BCUT2D eigenvalue weighted by molar-refractivity contribution is 9.10. The minimum Gasteiger partial charge on any atom is -0.0843 e. The summed E-state index contributed by atoms with van der Waals surface area (Å²) in [5, 5.41) is 1.48. The van der Waals surface area contributed by atoms with Gasteiger partial charge in [0.05, 0.1) is 10.8 Å². The lowest BCUT2D eigenvalue weighted by Crippen LogP contribution is -2.26. The van der Waals surface area contributed by atoms with Gasteiger partial charge in [-0.1, -0.05) is 170 Å². The number of fused-ring (bicyclic) bond motifs is 20. The molecule has 0 bridgehead atoms. The molecule has 0 heterocycles. The van der Waals surface area contributed by atoms with Crippen molar-refractivity contribution in [1.82, 2.24) is 0 Å². The van der Waals surface area contributed by atoms with Crippen molar-refractivity contribution in [2.24, 2.45) is 0 Å². The van der Waals surface area contributed by atoms with E-state index in [-0.39, 0.29) is 0 Å². The van der Waals surface area contributed by atoms with Crippen LogP contribution in [0.3, 0.4) is 0 Å². The highest BCUT2D eigenvalue weighted by Gasteiger charge is 2.55. The molecule has 0 nitrogen and oxygen atoms in total. The van der Waals surface area contributed by atoms with Crippen LogP contribution in [0.15, 0.2) is 167 Å². The van der Waals surface area contributed by atoms with Gasteiger partial charge >= 0.3 is 0 Å². The van der Waals surface area contributed by atoms with E-state index in [1.165, 1.54) is 100 Å². The summed E-state index contributed by atoms with van der Waals surface area (Å²) < 4.78 is 2.15. The van der Waals surface area contributed by atoms with Crippen molar-refractivity contribution >= 4 is 55.1 Å². The lowest BCUT2D eigenvalue weighted by atomic mass is 9.70. The minimum atomic E-state index is -0.540. The summed E-state index contributed by atoms with van der Waals surface area (Å²) in [6.07, 6.45) is 0. The van der Waals surface area contributed by atoms with E-state index in [0.717, 1.165) is 19.0 Å². The monoisotopic (exact) mass is 854 g/mol. The topological polar surface area (TPSA) is 0 Å². The van der Waals surface area contributed by atoms with Crippen molar-refractivity contribution in [2.45, 2.75) is 10.8 Å². The molecular weight excluding hydrogens is 831 g/mol. The number of benzene rings is 8. The zero-order chi connectivity index (χ0) is 36.1. The second-order valence-electron chi connectivity index (χ2n) is 14.8. The van der Waals surface area contributed by atoms with E-state index in [1.54, 1.807) is 0 Å². The Morgan fingerprint density at radius 3 is 1.52 bits per heavy atom. The van der Waals surface area contributed by atoms with Gasteiger partial charge in [-0.15, -0.1) is 0 Å². The lowest BCUT2D eigenvalue weighted by Gasteiger charge is -2.31. The summed E-state index contributed by atoms with van der Waals surface area (Å²) in [5.74, 6) is 0. The first kappa shape index (κ1) is 31.6. The molecule has 4 heteroatoms. The van der Waals surface area contributed by atoms with Crippen molar-refractivity contribution in [3.05, 3.63) is 221 Å². The van der Waals surface area contributed by atoms with Crippen molar-refractivity contribution < 1.29 is 0 Å². The zero-order valence-corrected chi connectivity index (χ0v) is 33.2. The van der Waals surface area contributed by atoms with Gasteiger partial charge in [-0.3, -0.25) is 0 Å². The van der Waals surface area contributed by atoms with Gasteiger partial charge in [0.15, 0.2) is 0 Å². The second kappa shape index (κ2) is 11.0. The fourth-order valence-corrected chi connectivity index (χ4v) is 12.2. The molecule has 0 radical (unpaired) electrons. The smallest absolute Gasteiger partial charge is 0.0737 e. The standard InChI is InChI=1S/C50H26Br2Cl2/c51-27-16-22-41-37(24-27)32-19-17-28(53)25-43(32)49(41)40-14-6-3-10-35(40)46-33(11-7-15-42(46)49)34-21-23-45(52)48-47(34)36-20-18-29(54)26-44(36)50(48)38-12-4-1-8-30(38)31-9-2-5-13-39(31)50/h1-26H. The van der Waals surface area contributed by atoms with Gasteiger partial charge in [-0.25, -0.2) is 0 Å². The Labute approximate surface area is 340 Å². The van der Waals surface area contributed by atoms with E-state index in [4.69, 9.17) is 23.2 Å². The summed E-state index contributed by atoms with van der Waals surface area (Å²) >= 11 is 21.8. The van der Waals surface area contributed by atoms with Gasteiger partial charge in [-0.05, 0) is 143 Å². The van der Waals surface area contributed by atoms with Crippen LogP contribution < -0.4 is 0 Å². The molecule has 0 aromatic heterocycles. The van der Waals surface area contributed by atoms with E-state index < -0.39 is 10.8 Å². The second-order valence-corrected chi connectivity index (χ2v) is 17.4. The molecule has 0 N–H and O–H groups in total. The van der Waals surface area contributed by atoms with E-state index in [2.05, 4.69) is 184 Å². The molecule has 8 aromatic rings. The molecule has 4 aliphatic rings. The first-order valence-corrected chi connectivity index (χ1v) is 20.4. The quantitative estimate of drug-likeness (QED) is 0.154. The molecule has 0 fully saturated rings. The summed E-state index contributed by atoms with van der Waals surface area (Å²) in [4.78, 5) is 0. The molecular formula is C50H26Br2Cl2. The van der Waals surface area contributed by atoms with Crippen LogP contribution in [0.5, 0.6) is 0 Å². The largest absolute Gasteiger partial charge is 0.0843 e. The van der Waals surface area contributed by atoms with Crippen LogP contribution in [0, 0.1) is 0 Å². The molecule has 4 aliphatic carbocycles. The van der Waals surface area contributed by atoms with Crippen LogP contribution in [0.4, 0.5) is 0 Å². The molecule has 54 heavy (non-hydrogen) atoms. The number of hydrogen-bond donors (Lipinski definition) is 0. The van der Waals surface area contributed by atoms with Gasteiger partial charge in [0, 0.05) is 19.0 Å². The molecule has 0 aliphatic heterocycles. The predicted molar refractivity (Wildman–Crippen MR) is 230 cm³/mol. The normalized spacial score (nSPS) is 16.7.